The number of nitrogens with zero attached hydrogens (tertiary/aromatic N) is 2. The molecule has 0 saturated carbocycles. The third-order valence-electron chi connectivity index (χ3n) is 1.87. The summed E-state index contributed by atoms with van der Waals surface area (Å²) in [7, 11) is 0. The maximum Gasteiger partial charge on any atom is 0.236 e. The summed E-state index contributed by atoms with van der Waals surface area (Å²) in [6, 6.07) is 0. The van der Waals surface area contributed by atoms with Gasteiger partial charge in [0.25, 0.3) is 0 Å². The molecule has 0 saturated heterocycles. The summed E-state index contributed by atoms with van der Waals surface area (Å²) in [6.45, 7) is 6.40. The summed E-state index contributed by atoms with van der Waals surface area (Å²) in [6.07, 6.45) is 0. The van der Waals surface area contributed by atoms with E-state index in [1.807, 2.05) is 13.8 Å². The lowest BCUT2D eigenvalue weighted by atomic mass is 10.1. The minimum atomic E-state index is -0.550. The monoisotopic (exact) mass is 230 g/mol. The molecular formula is C9H18N4OS. The summed E-state index contributed by atoms with van der Waals surface area (Å²) in [5.41, 5.74) is 10.8. The molecule has 0 radical (unpaired) electrons. The predicted octanol–water partition coefficient (Wildman–Crippen LogP) is 0.844. The average Bonchev–Trinajstić information content (AvgIpc) is 2.61. The predicted molar refractivity (Wildman–Crippen MR) is 61.3 cm³/mol. The maximum atomic E-state index is 5.84. The molecular weight excluding hydrogens is 212 g/mol. The van der Waals surface area contributed by atoms with Crippen molar-refractivity contribution in [2.24, 2.45) is 11.5 Å². The second-order valence-electron chi connectivity index (χ2n) is 4.09. The average molecular weight is 230 g/mol. The molecule has 0 fully saturated rings. The van der Waals surface area contributed by atoms with Gasteiger partial charge in [-0.25, -0.2) is 0 Å². The van der Waals surface area contributed by atoms with E-state index in [1.54, 1.807) is 11.8 Å². The number of hydrogen-bond donors (Lipinski definition) is 2. The van der Waals surface area contributed by atoms with Gasteiger partial charge in [0, 0.05) is 11.8 Å². The third-order valence-corrected chi connectivity index (χ3v) is 3.04. The Labute approximate surface area is 94.0 Å². The van der Waals surface area contributed by atoms with Crippen molar-refractivity contribution in [3.8, 4) is 0 Å². The van der Waals surface area contributed by atoms with Gasteiger partial charge in [-0.15, -0.1) is 11.8 Å². The molecule has 5 nitrogen and oxygen atoms in total. The molecule has 1 atom stereocenters. The van der Waals surface area contributed by atoms with Crippen molar-refractivity contribution in [1.29, 1.82) is 0 Å². The Bertz CT molecular complexity index is 307. The van der Waals surface area contributed by atoms with Crippen LogP contribution in [0.2, 0.25) is 0 Å². The quantitative estimate of drug-likeness (QED) is 0.779. The fourth-order valence-electron chi connectivity index (χ4n) is 0.857. The van der Waals surface area contributed by atoms with Gasteiger partial charge in [0.2, 0.25) is 5.89 Å². The number of nitrogens with two attached hydrogens (primary N) is 2. The summed E-state index contributed by atoms with van der Waals surface area (Å²) < 4.78 is 5.08. The Morgan fingerprint density at radius 2 is 2.20 bits per heavy atom. The standard InChI is InChI=1S/C9H18N4OS/c1-6(4-10)15-5-7-12-8(13-14-7)9(2,3)11/h6H,4-5,10-11H2,1-3H3. The number of aromatic nitrogens is 2. The lowest BCUT2D eigenvalue weighted by Gasteiger charge is -2.11. The van der Waals surface area contributed by atoms with Crippen LogP contribution in [-0.4, -0.2) is 21.9 Å². The molecule has 1 unspecified atom stereocenters. The lowest BCUT2D eigenvalue weighted by molar-refractivity contribution is 0.369. The second kappa shape index (κ2) is 4.96. The van der Waals surface area contributed by atoms with Crippen LogP contribution in [0.15, 0.2) is 4.52 Å². The van der Waals surface area contributed by atoms with Gasteiger partial charge in [-0.2, -0.15) is 4.98 Å². The van der Waals surface area contributed by atoms with E-state index in [0.717, 1.165) is 0 Å². The van der Waals surface area contributed by atoms with Gasteiger partial charge in [-0.1, -0.05) is 12.1 Å². The molecule has 0 aromatic carbocycles. The molecule has 0 aliphatic heterocycles. The van der Waals surface area contributed by atoms with E-state index in [9.17, 15) is 0 Å². The minimum absolute atomic E-state index is 0.395. The normalized spacial score (nSPS) is 14.2. The first-order valence-electron chi connectivity index (χ1n) is 4.87. The van der Waals surface area contributed by atoms with E-state index in [2.05, 4.69) is 17.1 Å². The van der Waals surface area contributed by atoms with Gasteiger partial charge in [-0.3, -0.25) is 0 Å². The molecule has 1 aromatic heterocycles. The van der Waals surface area contributed by atoms with Crippen LogP contribution in [0.5, 0.6) is 0 Å². The molecule has 6 heteroatoms. The Kier molecular flexibility index (Phi) is 4.12. The Morgan fingerprint density at radius 3 is 2.67 bits per heavy atom. The van der Waals surface area contributed by atoms with Crippen LogP contribution in [-0.2, 0) is 11.3 Å². The third kappa shape index (κ3) is 3.81. The summed E-state index contributed by atoms with van der Waals surface area (Å²) in [5.74, 6) is 1.83. The minimum Gasteiger partial charge on any atom is -0.338 e. The van der Waals surface area contributed by atoms with Crippen molar-refractivity contribution in [2.45, 2.75) is 37.3 Å². The van der Waals surface area contributed by atoms with Crippen LogP contribution in [0, 0.1) is 0 Å². The van der Waals surface area contributed by atoms with E-state index in [-0.39, 0.29) is 0 Å². The first-order valence-corrected chi connectivity index (χ1v) is 5.92. The van der Waals surface area contributed by atoms with Gasteiger partial charge in [0.15, 0.2) is 5.82 Å². The van der Waals surface area contributed by atoms with Crippen LogP contribution in [0.4, 0.5) is 0 Å². The smallest absolute Gasteiger partial charge is 0.236 e. The second-order valence-corrected chi connectivity index (χ2v) is 5.52. The van der Waals surface area contributed by atoms with Gasteiger partial charge in [0.1, 0.15) is 0 Å². The van der Waals surface area contributed by atoms with E-state index >= 15 is 0 Å². The zero-order valence-electron chi connectivity index (χ0n) is 9.36. The van der Waals surface area contributed by atoms with E-state index < -0.39 is 5.54 Å². The molecule has 86 valence electrons. The molecule has 0 aliphatic rings. The zero-order chi connectivity index (χ0) is 11.5. The van der Waals surface area contributed by atoms with Crippen LogP contribution in [0.25, 0.3) is 0 Å². The molecule has 0 bridgehead atoms. The van der Waals surface area contributed by atoms with Gasteiger partial charge in [-0.05, 0) is 13.8 Å². The fraction of sp³-hybridized carbons (Fsp3) is 0.778. The van der Waals surface area contributed by atoms with Crippen molar-refractivity contribution in [2.75, 3.05) is 6.54 Å². The highest BCUT2D eigenvalue weighted by molar-refractivity contribution is 7.99. The van der Waals surface area contributed by atoms with Crippen LogP contribution in [0.3, 0.4) is 0 Å². The molecule has 0 aliphatic carbocycles. The van der Waals surface area contributed by atoms with Gasteiger partial charge < -0.3 is 16.0 Å². The largest absolute Gasteiger partial charge is 0.338 e. The summed E-state index contributed by atoms with van der Waals surface area (Å²) >= 11 is 1.69. The molecule has 1 aromatic rings. The molecule has 15 heavy (non-hydrogen) atoms. The number of thioether (sulfide) groups is 1. The SMILES string of the molecule is CC(CN)SCc1nc(C(C)(C)N)no1. The molecule has 1 rings (SSSR count). The van der Waals surface area contributed by atoms with E-state index in [0.29, 0.717) is 29.3 Å². The van der Waals surface area contributed by atoms with Crippen LogP contribution in [0.1, 0.15) is 32.5 Å². The highest BCUT2D eigenvalue weighted by atomic mass is 32.2. The van der Waals surface area contributed by atoms with Gasteiger partial charge in [0.05, 0.1) is 11.3 Å². The summed E-state index contributed by atoms with van der Waals surface area (Å²) in [4.78, 5) is 4.22. The highest BCUT2D eigenvalue weighted by Gasteiger charge is 2.21. The first-order chi connectivity index (χ1) is 6.93. The van der Waals surface area contributed by atoms with E-state index in [4.69, 9.17) is 16.0 Å². The van der Waals surface area contributed by atoms with Crippen molar-refractivity contribution >= 4 is 11.8 Å². The summed E-state index contributed by atoms with van der Waals surface area (Å²) in [5, 5.41) is 4.23. The Morgan fingerprint density at radius 1 is 1.53 bits per heavy atom. The maximum absolute atomic E-state index is 5.84. The van der Waals surface area contributed by atoms with Crippen molar-refractivity contribution in [3.05, 3.63) is 11.7 Å². The Balaban J connectivity index is 2.54. The Hall–Kier alpha value is -0.590. The fourth-order valence-corrected chi connectivity index (χ4v) is 1.54. The van der Waals surface area contributed by atoms with Crippen molar-refractivity contribution in [1.82, 2.24) is 10.1 Å². The molecule has 0 spiro atoms. The molecule has 0 amide bonds. The number of hydrogen-bond acceptors (Lipinski definition) is 6. The molecule has 4 N–H and O–H groups in total. The molecule has 1 heterocycles. The van der Waals surface area contributed by atoms with Crippen LogP contribution >= 0.6 is 11.8 Å². The first kappa shape index (κ1) is 12.5. The topological polar surface area (TPSA) is 91.0 Å². The van der Waals surface area contributed by atoms with Crippen molar-refractivity contribution in [3.63, 3.8) is 0 Å². The van der Waals surface area contributed by atoms with E-state index in [1.165, 1.54) is 0 Å². The van der Waals surface area contributed by atoms with Crippen LogP contribution < -0.4 is 11.5 Å². The highest BCUT2D eigenvalue weighted by Crippen LogP contribution is 2.18. The number of rotatable bonds is 5. The zero-order valence-corrected chi connectivity index (χ0v) is 10.2. The lowest BCUT2D eigenvalue weighted by Crippen LogP contribution is -2.30. The van der Waals surface area contributed by atoms with Crippen molar-refractivity contribution < 1.29 is 4.52 Å². The van der Waals surface area contributed by atoms with Gasteiger partial charge >= 0.3 is 0 Å².